The summed E-state index contributed by atoms with van der Waals surface area (Å²) in [5.41, 5.74) is 2.18. The van der Waals surface area contributed by atoms with Crippen LogP contribution < -0.4 is 5.32 Å². The van der Waals surface area contributed by atoms with Crippen LogP contribution >= 0.6 is 0 Å². The first-order valence-electron chi connectivity index (χ1n) is 6.36. The molecule has 1 heterocycles. The lowest BCUT2D eigenvalue weighted by atomic mass is 10.1. The number of hydrogen-bond donors (Lipinski definition) is 1. The molecule has 96 valence electrons. The molecule has 0 saturated heterocycles. The van der Waals surface area contributed by atoms with Gasteiger partial charge in [-0.3, -0.25) is 4.98 Å². The Balaban J connectivity index is 2.63. The quantitative estimate of drug-likeness (QED) is 0.790. The maximum atomic E-state index is 5.90. The number of nitrogens with zero attached hydrogens (tertiary/aromatic N) is 1. The van der Waals surface area contributed by atoms with E-state index >= 15 is 0 Å². The van der Waals surface area contributed by atoms with Crippen molar-refractivity contribution >= 4 is 0 Å². The lowest BCUT2D eigenvalue weighted by molar-refractivity contribution is -0.0333. The average molecular weight is 236 g/mol. The molecule has 0 aliphatic rings. The molecule has 1 N–H and O–H groups in total. The molecule has 0 amide bonds. The third kappa shape index (κ3) is 4.84. The van der Waals surface area contributed by atoms with Crippen molar-refractivity contribution in [2.75, 3.05) is 6.54 Å². The van der Waals surface area contributed by atoms with Crippen LogP contribution in [-0.2, 0) is 17.9 Å². The molecule has 0 saturated carbocycles. The van der Waals surface area contributed by atoms with Crippen molar-refractivity contribution in [1.29, 1.82) is 0 Å². The van der Waals surface area contributed by atoms with Crippen LogP contribution in [0.25, 0.3) is 0 Å². The standard InChI is InChI=1S/C14H24N2O/c1-5-14(3,4)17-11-13-12(10-15-6-2)8-7-9-16-13/h7-9,15H,5-6,10-11H2,1-4H3. The van der Waals surface area contributed by atoms with Gasteiger partial charge < -0.3 is 10.1 Å². The van der Waals surface area contributed by atoms with Crippen molar-refractivity contribution in [3.05, 3.63) is 29.6 Å². The SMILES string of the molecule is CCNCc1cccnc1COC(C)(C)CC. The van der Waals surface area contributed by atoms with Gasteiger partial charge >= 0.3 is 0 Å². The van der Waals surface area contributed by atoms with Gasteiger partial charge in [0.1, 0.15) is 0 Å². The van der Waals surface area contributed by atoms with Crippen molar-refractivity contribution < 1.29 is 4.74 Å². The van der Waals surface area contributed by atoms with Gasteiger partial charge in [0, 0.05) is 12.7 Å². The van der Waals surface area contributed by atoms with Gasteiger partial charge in [0.15, 0.2) is 0 Å². The fraction of sp³-hybridized carbons (Fsp3) is 0.643. The topological polar surface area (TPSA) is 34.2 Å². The van der Waals surface area contributed by atoms with E-state index in [9.17, 15) is 0 Å². The summed E-state index contributed by atoms with van der Waals surface area (Å²) in [6.45, 7) is 10.9. The average Bonchev–Trinajstić information content (AvgIpc) is 2.35. The number of pyridine rings is 1. The molecule has 0 atom stereocenters. The van der Waals surface area contributed by atoms with E-state index in [1.54, 1.807) is 0 Å². The van der Waals surface area contributed by atoms with Crippen molar-refractivity contribution in [2.24, 2.45) is 0 Å². The summed E-state index contributed by atoms with van der Waals surface area (Å²) >= 11 is 0. The predicted octanol–water partition coefficient (Wildman–Crippen LogP) is 2.90. The second-order valence-corrected chi connectivity index (χ2v) is 4.79. The Morgan fingerprint density at radius 1 is 1.35 bits per heavy atom. The Labute approximate surface area is 105 Å². The van der Waals surface area contributed by atoms with E-state index in [-0.39, 0.29) is 5.60 Å². The minimum absolute atomic E-state index is 0.0764. The smallest absolute Gasteiger partial charge is 0.0898 e. The normalized spacial score (nSPS) is 11.8. The van der Waals surface area contributed by atoms with Crippen LogP contribution in [0.2, 0.25) is 0 Å². The van der Waals surface area contributed by atoms with Crippen LogP contribution in [0.1, 0.15) is 45.4 Å². The molecule has 0 radical (unpaired) electrons. The van der Waals surface area contributed by atoms with Gasteiger partial charge in [-0.2, -0.15) is 0 Å². The molecule has 0 unspecified atom stereocenters. The minimum Gasteiger partial charge on any atom is -0.369 e. The summed E-state index contributed by atoms with van der Waals surface area (Å²) in [5.74, 6) is 0. The Hall–Kier alpha value is -0.930. The van der Waals surface area contributed by atoms with Crippen molar-refractivity contribution in [3.63, 3.8) is 0 Å². The van der Waals surface area contributed by atoms with Crippen LogP contribution in [0.15, 0.2) is 18.3 Å². The fourth-order valence-electron chi connectivity index (χ4n) is 1.39. The highest BCUT2D eigenvalue weighted by Gasteiger charge is 2.16. The maximum Gasteiger partial charge on any atom is 0.0898 e. The van der Waals surface area contributed by atoms with Gasteiger partial charge in [-0.1, -0.05) is 19.9 Å². The lowest BCUT2D eigenvalue weighted by Gasteiger charge is -2.23. The first-order chi connectivity index (χ1) is 8.09. The molecule has 3 heteroatoms. The molecular weight excluding hydrogens is 212 g/mol. The van der Waals surface area contributed by atoms with Gasteiger partial charge in [-0.15, -0.1) is 0 Å². The van der Waals surface area contributed by atoms with Gasteiger partial charge in [0.05, 0.1) is 17.9 Å². The van der Waals surface area contributed by atoms with E-state index in [2.05, 4.69) is 44.1 Å². The molecule has 0 fully saturated rings. The summed E-state index contributed by atoms with van der Waals surface area (Å²) in [6.07, 6.45) is 2.83. The zero-order valence-electron chi connectivity index (χ0n) is 11.4. The van der Waals surface area contributed by atoms with Gasteiger partial charge in [0.2, 0.25) is 0 Å². The highest BCUT2D eigenvalue weighted by Crippen LogP contribution is 2.17. The number of nitrogens with one attached hydrogen (secondary N) is 1. The molecule has 0 aliphatic heterocycles. The molecule has 0 aromatic carbocycles. The van der Waals surface area contributed by atoms with Crippen LogP contribution in [0, 0.1) is 0 Å². The first-order valence-corrected chi connectivity index (χ1v) is 6.36. The summed E-state index contributed by atoms with van der Waals surface area (Å²) in [6, 6.07) is 4.08. The maximum absolute atomic E-state index is 5.90. The highest BCUT2D eigenvalue weighted by molar-refractivity contribution is 5.19. The van der Waals surface area contributed by atoms with E-state index in [0.29, 0.717) is 6.61 Å². The Morgan fingerprint density at radius 2 is 2.12 bits per heavy atom. The van der Waals surface area contributed by atoms with Gasteiger partial charge in [-0.25, -0.2) is 0 Å². The second-order valence-electron chi connectivity index (χ2n) is 4.79. The molecule has 1 aromatic rings. The van der Waals surface area contributed by atoms with Gasteiger partial charge in [0.25, 0.3) is 0 Å². The van der Waals surface area contributed by atoms with Crippen LogP contribution in [0.5, 0.6) is 0 Å². The molecule has 0 spiro atoms. The number of hydrogen-bond acceptors (Lipinski definition) is 3. The molecule has 1 rings (SSSR count). The van der Waals surface area contributed by atoms with Crippen molar-refractivity contribution in [3.8, 4) is 0 Å². The zero-order chi connectivity index (χ0) is 12.7. The molecule has 1 aromatic heterocycles. The Kier molecular flexibility index (Phi) is 5.59. The molecule has 0 bridgehead atoms. The highest BCUT2D eigenvalue weighted by atomic mass is 16.5. The van der Waals surface area contributed by atoms with Crippen LogP contribution in [0.4, 0.5) is 0 Å². The monoisotopic (exact) mass is 236 g/mol. The third-order valence-corrected chi connectivity index (χ3v) is 3.00. The van der Waals surface area contributed by atoms with E-state index in [1.165, 1.54) is 5.56 Å². The van der Waals surface area contributed by atoms with Crippen molar-refractivity contribution in [1.82, 2.24) is 10.3 Å². The molecule has 17 heavy (non-hydrogen) atoms. The number of rotatable bonds is 7. The van der Waals surface area contributed by atoms with E-state index in [1.807, 2.05) is 12.3 Å². The Bertz CT molecular complexity index is 337. The Morgan fingerprint density at radius 3 is 2.76 bits per heavy atom. The largest absolute Gasteiger partial charge is 0.369 e. The van der Waals surface area contributed by atoms with Crippen molar-refractivity contribution in [2.45, 2.75) is 52.9 Å². The van der Waals surface area contributed by atoms with E-state index in [0.717, 1.165) is 25.2 Å². The third-order valence-electron chi connectivity index (χ3n) is 3.00. The fourth-order valence-corrected chi connectivity index (χ4v) is 1.39. The number of ether oxygens (including phenoxy) is 1. The van der Waals surface area contributed by atoms with Gasteiger partial charge in [-0.05, 0) is 38.4 Å². The molecular formula is C14H24N2O. The zero-order valence-corrected chi connectivity index (χ0v) is 11.4. The van der Waals surface area contributed by atoms with Crippen LogP contribution in [-0.4, -0.2) is 17.1 Å². The summed E-state index contributed by atoms with van der Waals surface area (Å²) in [4.78, 5) is 4.40. The molecule has 3 nitrogen and oxygen atoms in total. The predicted molar refractivity (Wildman–Crippen MR) is 70.8 cm³/mol. The summed E-state index contributed by atoms with van der Waals surface area (Å²) in [7, 11) is 0. The lowest BCUT2D eigenvalue weighted by Crippen LogP contribution is -2.23. The van der Waals surface area contributed by atoms with E-state index < -0.39 is 0 Å². The summed E-state index contributed by atoms with van der Waals surface area (Å²) < 4.78 is 5.90. The second kappa shape index (κ2) is 6.72. The minimum atomic E-state index is -0.0764. The van der Waals surface area contributed by atoms with Crippen LogP contribution in [0.3, 0.4) is 0 Å². The summed E-state index contributed by atoms with van der Waals surface area (Å²) in [5, 5.41) is 3.32. The van der Waals surface area contributed by atoms with E-state index in [4.69, 9.17) is 4.74 Å². The first kappa shape index (κ1) is 14.1. The molecule has 0 aliphatic carbocycles. The number of aromatic nitrogens is 1.